The van der Waals surface area contributed by atoms with Crippen molar-refractivity contribution in [2.45, 2.75) is 46.7 Å². The van der Waals surface area contributed by atoms with Crippen LogP contribution in [0.1, 0.15) is 36.1 Å². The maximum atomic E-state index is 13.6. The molecule has 1 atom stereocenters. The van der Waals surface area contributed by atoms with Gasteiger partial charge in [0, 0.05) is 19.5 Å². The maximum absolute atomic E-state index is 13.6. The lowest BCUT2D eigenvalue weighted by Gasteiger charge is -2.32. The van der Waals surface area contributed by atoms with E-state index in [1.54, 1.807) is 4.90 Å². The van der Waals surface area contributed by atoms with Crippen molar-refractivity contribution in [2.75, 3.05) is 13.2 Å². The van der Waals surface area contributed by atoms with E-state index in [9.17, 15) is 9.59 Å². The fourth-order valence-electron chi connectivity index (χ4n) is 3.81. The summed E-state index contributed by atoms with van der Waals surface area (Å²) < 4.78 is 5.89. The molecule has 0 aliphatic heterocycles. The summed E-state index contributed by atoms with van der Waals surface area (Å²) in [5.74, 6) is 0.593. The molecular weight excluding hydrogens is 436 g/mol. The highest BCUT2D eigenvalue weighted by atomic mass is 16.5. The van der Waals surface area contributed by atoms with Crippen molar-refractivity contribution in [1.29, 1.82) is 0 Å². The first-order chi connectivity index (χ1) is 16.8. The van der Waals surface area contributed by atoms with Gasteiger partial charge in [-0.15, -0.1) is 0 Å². The van der Waals surface area contributed by atoms with Crippen LogP contribution in [0.3, 0.4) is 0 Å². The fourth-order valence-corrected chi connectivity index (χ4v) is 3.81. The zero-order valence-corrected chi connectivity index (χ0v) is 21.2. The molecular formula is C30H36N2O3. The number of carbonyl (C=O) groups excluding carboxylic acids is 2. The quantitative estimate of drug-likeness (QED) is 0.423. The van der Waals surface area contributed by atoms with E-state index in [1.807, 2.05) is 92.7 Å². The Bertz CT molecular complexity index is 1090. The third-order valence-electron chi connectivity index (χ3n) is 5.87. The summed E-state index contributed by atoms with van der Waals surface area (Å²) >= 11 is 0. The first kappa shape index (κ1) is 26.0. The number of para-hydroxylation sites is 1. The number of nitrogens with one attached hydrogen (secondary N) is 1. The van der Waals surface area contributed by atoms with Gasteiger partial charge >= 0.3 is 0 Å². The molecule has 0 saturated carbocycles. The highest BCUT2D eigenvalue weighted by Gasteiger charge is 2.30. The van der Waals surface area contributed by atoms with E-state index in [-0.39, 0.29) is 18.4 Å². The minimum Gasteiger partial charge on any atom is -0.484 e. The second kappa shape index (κ2) is 12.7. The van der Waals surface area contributed by atoms with Crippen LogP contribution in [0.2, 0.25) is 0 Å². The maximum Gasteiger partial charge on any atom is 0.261 e. The lowest BCUT2D eigenvalue weighted by molar-refractivity contribution is -0.142. The topological polar surface area (TPSA) is 58.6 Å². The first-order valence-electron chi connectivity index (χ1n) is 12.2. The van der Waals surface area contributed by atoms with E-state index in [2.05, 4.69) is 19.2 Å². The SMILES string of the molecule is Cc1ccc(CN(C(=O)COc2ccccc2C)[C@@H](Cc2ccccc2)C(=O)NCC(C)C)cc1. The molecule has 0 saturated heterocycles. The number of rotatable bonds is 11. The minimum absolute atomic E-state index is 0.139. The van der Waals surface area contributed by atoms with Crippen LogP contribution in [-0.2, 0) is 22.6 Å². The van der Waals surface area contributed by atoms with Gasteiger partial charge in [-0.05, 0) is 42.5 Å². The zero-order valence-electron chi connectivity index (χ0n) is 21.2. The van der Waals surface area contributed by atoms with Crippen LogP contribution in [0.4, 0.5) is 0 Å². The van der Waals surface area contributed by atoms with Crippen LogP contribution in [0, 0.1) is 19.8 Å². The Labute approximate surface area is 209 Å². The lowest BCUT2D eigenvalue weighted by atomic mass is 10.0. The summed E-state index contributed by atoms with van der Waals surface area (Å²) in [7, 11) is 0. The van der Waals surface area contributed by atoms with E-state index in [0.29, 0.717) is 31.2 Å². The summed E-state index contributed by atoms with van der Waals surface area (Å²) in [5, 5.41) is 3.04. The van der Waals surface area contributed by atoms with E-state index >= 15 is 0 Å². The van der Waals surface area contributed by atoms with Gasteiger partial charge in [-0.1, -0.05) is 92.2 Å². The molecule has 0 radical (unpaired) electrons. The minimum atomic E-state index is -0.662. The molecule has 0 fully saturated rings. The molecule has 0 heterocycles. The van der Waals surface area contributed by atoms with Crippen LogP contribution >= 0.6 is 0 Å². The van der Waals surface area contributed by atoms with Crippen molar-refractivity contribution < 1.29 is 14.3 Å². The Morgan fingerprint density at radius 3 is 2.17 bits per heavy atom. The van der Waals surface area contributed by atoms with E-state index in [0.717, 1.165) is 22.3 Å². The molecule has 2 amide bonds. The summed E-state index contributed by atoms with van der Waals surface area (Å²) in [6.07, 6.45) is 0.423. The average molecular weight is 473 g/mol. The van der Waals surface area contributed by atoms with Gasteiger partial charge in [0.2, 0.25) is 5.91 Å². The smallest absolute Gasteiger partial charge is 0.261 e. The van der Waals surface area contributed by atoms with E-state index in [1.165, 1.54) is 0 Å². The van der Waals surface area contributed by atoms with Gasteiger partial charge in [0.05, 0.1) is 0 Å². The fraction of sp³-hybridized carbons (Fsp3) is 0.333. The normalized spacial score (nSPS) is 11.7. The van der Waals surface area contributed by atoms with Gasteiger partial charge in [0.25, 0.3) is 5.91 Å². The van der Waals surface area contributed by atoms with E-state index < -0.39 is 6.04 Å². The molecule has 1 N–H and O–H groups in total. The molecule has 0 unspecified atom stereocenters. The third kappa shape index (κ3) is 7.99. The number of hydrogen-bond donors (Lipinski definition) is 1. The Morgan fingerprint density at radius 1 is 0.857 bits per heavy atom. The lowest BCUT2D eigenvalue weighted by Crippen LogP contribution is -2.52. The average Bonchev–Trinajstić information content (AvgIpc) is 2.85. The standard InChI is InChI=1S/C30H36N2O3/c1-22(2)19-31-30(34)27(18-25-11-6-5-7-12-25)32(20-26-16-14-23(3)15-17-26)29(33)21-35-28-13-9-8-10-24(28)4/h5-17,22,27H,18-21H2,1-4H3,(H,31,34)/t27-/m0/s1. The molecule has 3 aromatic carbocycles. The number of nitrogens with zero attached hydrogens (tertiary/aromatic N) is 1. The molecule has 35 heavy (non-hydrogen) atoms. The number of carbonyl (C=O) groups is 2. The van der Waals surface area contributed by atoms with Crippen molar-refractivity contribution in [2.24, 2.45) is 5.92 Å². The highest BCUT2D eigenvalue weighted by molar-refractivity contribution is 5.88. The number of amides is 2. The molecule has 0 aliphatic carbocycles. The van der Waals surface area contributed by atoms with Gasteiger partial charge in [0.15, 0.2) is 6.61 Å². The summed E-state index contributed by atoms with van der Waals surface area (Å²) in [6.45, 7) is 8.82. The Balaban J connectivity index is 1.90. The molecule has 0 spiro atoms. The van der Waals surface area contributed by atoms with Gasteiger partial charge in [0.1, 0.15) is 11.8 Å². The first-order valence-corrected chi connectivity index (χ1v) is 12.2. The molecule has 5 nitrogen and oxygen atoms in total. The highest BCUT2D eigenvalue weighted by Crippen LogP contribution is 2.19. The van der Waals surface area contributed by atoms with Crippen LogP contribution in [-0.4, -0.2) is 35.9 Å². The van der Waals surface area contributed by atoms with Gasteiger partial charge < -0.3 is 15.0 Å². The molecule has 3 aromatic rings. The molecule has 0 aliphatic rings. The Morgan fingerprint density at radius 2 is 1.51 bits per heavy atom. The molecule has 0 aromatic heterocycles. The Kier molecular flexibility index (Phi) is 9.47. The van der Waals surface area contributed by atoms with Crippen molar-refractivity contribution >= 4 is 11.8 Å². The van der Waals surface area contributed by atoms with Gasteiger partial charge in [-0.3, -0.25) is 9.59 Å². The predicted molar refractivity (Wildman–Crippen MR) is 140 cm³/mol. The van der Waals surface area contributed by atoms with Crippen molar-refractivity contribution in [3.63, 3.8) is 0 Å². The van der Waals surface area contributed by atoms with Crippen LogP contribution in [0.25, 0.3) is 0 Å². The van der Waals surface area contributed by atoms with Crippen molar-refractivity contribution in [1.82, 2.24) is 10.2 Å². The number of ether oxygens (including phenoxy) is 1. The van der Waals surface area contributed by atoms with Crippen molar-refractivity contribution in [3.05, 3.63) is 101 Å². The van der Waals surface area contributed by atoms with Crippen molar-refractivity contribution in [3.8, 4) is 5.75 Å². The summed E-state index contributed by atoms with van der Waals surface area (Å²) in [6, 6.07) is 24.8. The monoisotopic (exact) mass is 472 g/mol. The van der Waals surface area contributed by atoms with Crippen LogP contribution in [0.15, 0.2) is 78.9 Å². The molecule has 3 rings (SSSR count). The second-order valence-electron chi connectivity index (χ2n) is 9.41. The van der Waals surface area contributed by atoms with E-state index in [4.69, 9.17) is 4.74 Å². The zero-order chi connectivity index (χ0) is 25.2. The van der Waals surface area contributed by atoms with Crippen LogP contribution in [0.5, 0.6) is 5.75 Å². The predicted octanol–water partition coefficient (Wildman–Crippen LogP) is 5.09. The molecule has 184 valence electrons. The summed E-state index contributed by atoms with van der Waals surface area (Å²) in [4.78, 5) is 28.7. The number of aryl methyl sites for hydroxylation is 2. The van der Waals surface area contributed by atoms with Crippen LogP contribution < -0.4 is 10.1 Å². The largest absolute Gasteiger partial charge is 0.484 e. The Hall–Kier alpha value is -3.60. The third-order valence-corrected chi connectivity index (χ3v) is 5.87. The van der Waals surface area contributed by atoms with Gasteiger partial charge in [-0.2, -0.15) is 0 Å². The molecule has 0 bridgehead atoms. The van der Waals surface area contributed by atoms with Gasteiger partial charge in [-0.25, -0.2) is 0 Å². The number of hydrogen-bond acceptors (Lipinski definition) is 3. The second-order valence-corrected chi connectivity index (χ2v) is 9.41. The number of benzene rings is 3. The summed E-state index contributed by atoms with van der Waals surface area (Å²) in [5.41, 5.74) is 4.07. The molecule has 5 heteroatoms.